The second-order valence-electron chi connectivity index (χ2n) is 5.38. The molecule has 2 heterocycles. The third-order valence-electron chi connectivity index (χ3n) is 3.81. The highest BCUT2D eigenvalue weighted by Gasteiger charge is 2.08. The Morgan fingerprint density at radius 3 is 2.52 bits per heavy atom. The fourth-order valence-corrected chi connectivity index (χ4v) is 2.70. The zero-order valence-corrected chi connectivity index (χ0v) is 12.6. The SMILES string of the molecule is C(=C\c1nc2ccccc2n1Cc1ccccc1)/c1ccco1. The van der Waals surface area contributed by atoms with Gasteiger partial charge in [-0.1, -0.05) is 42.5 Å². The number of benzene rings is 2. The number of furan rings is 1. The van der Waals surface area contributed by atoms with Crippen molar-refractivity contribution in [1.29, 1.82) is 0 Å². The molecule has 0 saturated heterocycles. The molecule has 0 atom stereocenters. The first-order valence-electron chi connectivity index (χ1n) is 7.61. The number of aromatic nitrogens is 2. The van der Waals surface area contributed by atoms with Gasteiger partial charge in [-0.15, -0.1) is 0 Å². The summed E-state index contributed by atoms with van der Waals surface area (Å²) in [6, 6.07) is 22.5. The zero-order valence-electron chi connectivity index (χ0n) is 12.6. The molecular weight excluding hydrogens is 284 g/mol. The summed E-state index contributed by atoms with van der Waals surface area (Å²) in [5, 5.41) is 0. The molecule has 23 heavy (non-hydrogen) atoms. The number of fused-ring (bicyclic) bond motifs is 1. The van der Waals surface area contributed by atoms with Gasteiger partial charge in [0.05, 0.1) is 17.3 Å². The van der Waals surface area contributed by atoms with Crippen molar-refractivity contribution in [2.45, 2.75) is 6.54 Å². The Labute approximate surface area is 134 Å². The van der Waals surface area contributed by atoms with Crippen LogP contribution < -0.4 is 0 Å². The second kappa shape index (κ2) is 5.97. The van der Waals surface area contributed by atoms with E-state index in [9.17, 15) is 0 Å². The van der Waals surface area contributed by atoms with Gasteiger partial charge in [-0.25, -0.2) is 4.98 Å². The predicted molar refractivity (Wildman–Crippen MR) is 92.9 cm³/mol. The molecule has 0 aliphatic heterocycles. The van der Waals surface area contributed by atoms with Crippen molar-refractivity contribution in [2.75, 3.05) is 0 Å². The van der Waals surface area contributed by atoms with E-state index in [1.54, 1.807) is 6.26 Å². The molecule has 0 N–H and O–H groups in total. The van der Waals surface area contributed by atoms with Crippen LogP contribution in [-0.2, 0) is 6.54 Å². The quantitative estimate of drug-likeness (QED) is 0.539. The standard InChI is InChI=1S/C20H16N2O/c1-2-7-16(8-3-1)15-22-19-11-5-4-10-18(19)21-20(22)13-12-17-9-6-14-23-17/h1-14H,15H2/b13-12+. The average Bonchev–Trinajstić information content (AvgIpc) is 3.22. The van der Waals surface area contributed by atoms with Gasteiger partial charge in [-0.2, -0.15) is 0 Å². The van der Waals surface area contributed by atoms with Crippen LogP contribution in [0.3, 0.4) is 0 Å². The van der Waals surface area contributed by atoms with Gasteiger partial charge >= 0.3 is 0 Å². The molecule has 0 fully saturated rings. The van der Waals surface area contributed by atoms with E-state index in [1.807, 2.05) is 48.6 Å². The van der Waals surface area contributed by atoms with E-state index in [-0.39, 0.29) is 0 Å². The van der Waals surface area contributed by atoms with Gasteiger partial charge in [-0.05, 0) is 42.0 Å². The maximum absolute atomic E-state index is 5.36. The Bertz CT molecular complexity index is 934. The van der Waals surface area contributed by atoms with Gasteiger partial charge in [0.25, 0.3) is 0 Å². The van der Waals surface area contributed by atoms with Gasteiger partial charge < -0.3 is 8.98 Å². The Balaban J connectivity index is 1.78. The van der Waals surface area contributed by atoms with Gasteiger partial charge in [-0.3, -0.25) is 0 Å². The Kier molecular flexibility index (Phi) is 3.53. The van der Waals surface area contributed by atoms with Gasteiger partial charge in [0.1, 0.15) is 11.6 Å². The van der Waals surface area contributed by atoms with Crippen molar-refractivity contribution in [3.8, 4) is 0 Å². The molecule has 0 spiro atoms. The summed E-state index contributed by atoms with van der Waals surface area (Å²) in [5.74, 6) is 1.75. The van der Waals surface area contributed by atoms with Crippen LogP contribution in [0.5, 0.6) is 0 Å². The van der Waals surface area contributed by atoms with Crippen LogP contribution in [0.2, 0.25) is 0 Å². The van der Waals surface area contributed by atoms with E-state index >= 15 is 0 Å². The first kappa shape index (κ1) is 13.6. The van der Waals surface area contributed by atoms with Crippen molar-refractivity contribution < 1.29 is 4.42 Å². The number of rotatable bonds is 4. The molecule has 2 aromatic heterocycles. The van der Waals surface area contributed by atoms with Crippen LogP contribution in [0, 0.1) is 0 Å². The molecule has 4 aromatic rings. The molecule has 0 unspecified atom stereocenters. The highest BCUT2D eigenvalue weighted by Crippen LogP contribution is 2.19. The van der Waals surface area contributed by atoms with E-state index in [0.717, 1.165) is 29.2 Å². The third kappa shape index (κ3) is 2.81. The summed E-state index contributed by atoms with van der Waals surface area (Å²) >= 11 is 0. The molecule has 0 aliphatic carbocycles. The maximum atomic E-state index is 5.36. The molecule has 0 aliphatic rings. The van der Waals surface area contributed by atoms with Crippen molar-refractivity contribution in [3.63, 3.8) is 0 Å². The summed E-state index contributed by atoms with van der Waals surface area (Å²) in [5.41, 5.74) is 3.39. The molecule has 2 aromatic carbocycles. The van der Waals surface area contributed by atoms with Crippen LogP contribution in [0.25, 0.3) is 23.2 Å². The summed E-state index contributed by atoms with van der Waals surface area (Å²) in [7, 11) is 0. The second-order valence-corrected chi connectivity index (χ2v) is 5.38. The first-order valence-corrected chi connectivity index (χ1v) is 7.61. The molecule has 0 radical (unpaired) electrons. The molecule has 112 valence electrons. The van der Waals surface area contributed by atoms with Gasteiger partial charge in [0.15, 0.2) is 0 Å². The van der Waals surface area contributed by atoms with E-state index in [2.05, 4.69) is 34.9 Å². The van der Waals surface area contributed by atoms with Crippen LogP contribution in [-0.4, -0.2) is 9.55 Å². The van der Waals surface area contributed by atoms with Gasteiger partial charge in [0.2, 0.25) is 0 Å². The van der Waals surface area contributed by atoms with Crippen molar-refractivity contribution in [3.05, 3.63) is 90.1 Å². The molecular formula is C20H16N2O. The average molecular weight is 300 g/mol. The Hall–Kier alpha value is -3.07. The summed E-state index contributed by atoms with van der Waals surface area (Å²) in [6.07, 6.45) is 5.62. The minimum absolute atomic E-state index is 0.791. The maximum Gasteiger partial charge on any atom is 0.134 e. The minimum atomic E-state index is 0.791. The monoisotopic (exact) mass is 300 g/mol. The van der Waals surface area contributed by atoms with Crippen molar-refractivity contribution in [1.82, 2.24) is 9.55 Å². The first-order chi connectivity index (χ1) is 11.4. The fourth-order valence-electron chi connectivity index (χ4n) is 2.70. The summed E-state index contributed by atoms with van der Waals surface area (Å²) in [6.45, 7) is 0.791. The molecule has 0 bridgehead atoms. The van der Waals surface area contributed by atoms with E-state index in [0.29, 0.717) is 0 Å². The lowest BCUT2D eigenvalue weighted by atomic mass is 10.2. The smallest absolute Gasteiger partial charge is 0.134 e. The summed E-state index contributed by atoms with van der Waals surface area (Å²) in [4.78, 5) is 4.74. The lowest BCUT2D eigenvalue weighted by molar-refractivity contribution is 0.557. The predicted octanol–water partition coefficient (Wildman–Crippen LogP) is 4.85. The van der Waals surface area contributed by atoms with Gasteiger partial charge in [0, 0.05) is 6.54 Å². The molecule has 4 rings (SSSR count). The lowest BCUT2D eigenvalue weighted by Gasteiger charge is -2.07. The minimum Gasteiger partial charge on any atom is -0.465 e. The van der Waals surface area contributed by atoms with Crippen molar-refractivity contribution in [2.24, 2.45) is 0 Å². The third-order valence-corrected chi connectivity index (χ3v) is 3.81. The lowest BCUT2D eigenvalue weighted by Crippen LogP contribution is -2.01. The normalized spacial score (nSPS) is 11.5. The highest BCUT2D eigenvalue weighted by molar-refractivity contribution is 5.79. The topological polar surface area (TPSA) is 31.0 Å². The number of nitrogens with zero attached hydrogens (tertiary/aromatic N) is 2. The molecule has 0 saturated carbocycles. The molecule has 3 nitrogen and oxygen atoms in total. The highest BCUT2D eigenvalue weighted by atomic mass is 16.3. The van der Waals surface area contributed by atoms with E-state index < -0.39 is 0 Å². The number of para-hydroxylation sites is 2. The van der Waals surface area contributed by atoms with Crippen molar-refractivity contribution >= 4 is 23.2 Å². The van der Waals surface area contributed by atoms with E-state index in [4.69, 9.17) is 9.40 Å². The largest absolute Gasteiger partial charge is 0.465 e. The number of hydrogen-bond acceptors (Lipinski definition) is 2. The number of imidazole rings is 1. The zero-order chi connectivity index (χ0) is 15.5. The van der Waals surface area contributed by atoms with Crippen LogP contribution >= 0.6 is 0 Å². The van der Waals surface area contributed by atoms with Crippen LogP contribution in [0.4, 0.5) is 0 Å². The van der Waals surface area contributed by atoms with E-state index in [1.165, 1.54) is 5.56 Å². The fraction of sp³-hybridized carbons (Fsp3) is 0.0500. The van der Waals surface area contributed by atoms with Crippen LogP contribution in [0.1, 0.15) is 17.1 Å². The van der Waals surface area contributed by atoms with Crippen LogP contribution in [0.15, 0.2) is 77.4 Å². The molecule has 0 amide bonds. The molecule has 3 heteroatoms. The number of hydrogen-bond donors (Lipinski definition) is 0. The summed E-state index contributed by atoms with van der Waals surface area (Å²) < 4.78 is 7.59. The Morgan fingerprint density at radius 2 is 1.70 bits per heavy atom. The Morgan fingerprint density at radius 1 is 0.870 bits per heavy atom.